The molecule has 11 aromatic rings. The second kappa shape index (κ2) is 10.8. The van der Waals surface area contributed by atoms with Gasteiger partial charge in [-0.3, -0.25) is 0 Å². The fourth-order valence-electron chi connectivity index (χ4n) is 8.23. The lowest BCUT2D eigenvalue weighted by Crippen LogP contribution is -1.94. The van der Waals surface area contributed by atoms with Gasteiger partial charge in [-0.1, -0.05) is 127 Å². The van der Waals surface area contributed by atoms with Gasteiger partial charge in [0.1, 0.15) is 5.58 Å². The Balaban J connectivity index is 1.19. The molecule has 3 heterocycles. The van der Waals surface area contributed by atoms with Gasteiger partial charge in [-0.2, -0.15) is 0 Å². The van der Waals surface area contributed by atoms with Crippen LogP contribution in [0.15, 0.2) is 186 Å². The van der Waals surface area contributed by atoms with Crippen LogP contribution in [0.3, 0.4) is 0 Å². The van der Waals surface area contributed by atoms with Gasteiger partial charge >= 0.3 is 0 Å². The van der Waals surface area contributed by atoms with Gasteiger partial charge in [-0.25, -0.2) is 0 Å². The van der Waals surface area contributed by atoms with Crippen molar-refractivity contribution in [1.29, 1.82) is 0 Å². The minimum absolute atomic E-state index is 0.903. The topological polar surface area (TPSA) is 23.0 Å². The third-order valence-corrected chi connectivity index (χ3v) is 10.5. The number of aromatic nitrogens is 2. The van der Waals surface area contributed by atoms with Crippen LogP contribution in [0.25, 0.3) is 99.2 Å². The molecule has 8 aromatic carbocycles. The summed E-state index contributed by atoms with van der Waals surface area (Å²) in [6, 6.07) is 65.2. The highest BCUT2D eigenvalue weighted by Crippen LogP contribution is 2.44. The summed E-state index contributed by atoms with van der Waals surface area (Å²) in [5.74, 6) is 0. The van der Waals surface area contributed by atoms with Crippen molar-refractivity contribution < 1.29 is 4.42 Å². The summed E-state index contributed by atoms with van der Waals surface area (Å²) in [7, 11) is 0. The number of hydrogen-bond acceptors (Lipinski definition) is 1. The monoisotopic (exact) mass is 650 g/mol. The molecule has 0 atom stereocenters. The van der Waals surface area contributed by atoms with Crippen LogP contribution in [0.1, 0.15) is 0 Å². The average Bonchev–Trinajstić information content (AvgIpc) is 3.86. The molecule has 3 nitrogen and oxygen atoms in total. The molecule has 0 aliphatic carbocycles. The molecule has 0 spiro atoms. The van der Waals surface area contributed by atoms with E-state index in [1.165, 1.54) is 38.4 Å². The van der Waals surface area contributed by atoms with Gasteiger partial charge in [-0.15, -0.1) is 0 Å². The Bertz CT molecular complexity index is 3110. The number of rotatable bonds is 4. The molecule has 0 aliphatic rings. The minimum Gasteiger partial charge on any atom is -0.453 e. The second-order valence-electron chi connectivity index (χ2n) is 13.3. The predicted octanol–water partition coefficient (Wildman–Crippen LogP) is 13.1. The number of hydrogen-bond donors (Lipinski definition) is 0. The Morgan fingerprint density at radius 1 is 0.314 bits per heavy atom. The van der Waals surface area contributed by atoms with E-state index in [4.69, 9.17) is 4.42 Å². The van der Waals surface area contributed by atoms with Gasteiger partial charge in [-0.05, 0) is 76.9 Å². The van der Waals surface area contributed by atoms with Crippen LogP contribution in [0.5, 0.6) is 0 Å². The van der Waals surface area contributed by atoms with Crippen LogP contribution in [-0.4, -0.2) is 9.13 Å². The molecule has 0 N–H and O–H groups in total. The summed E-state index contributed by atoms with van der Waals surface area (Å²) in [5, 5.41) is 6.94. The largest absolute Gasteiger partial charge is 0.453 e. The maximum Gasteiger partial charge on any atom is 0.160 e. The lowest BCUT2D eigenvalue weighted by molar-refractivity contribution is 0.675. The maximum absolute atomic E-state index is 7.19. The predicted molar refractivity (Wildman–Crippen MR) is 213 cm³/mol. The lowest BCUT2D eigenvalue weighted by Gasteiger charge is -2.10. The Kier molecular flexibility index (Phi) is 5.96. The SMILES string of the molecule is c1ccc(-c2ccc(-n3c4ccccc4c4c5oc6c(ccc7c8ccccc8n(-c8cccc(-c9ccccc9)c8)c76)c5ccc43)cc2)cc1. The maximum atomic E-state index is 7.19. The first-order chi connectivity index (χ1) is 25.3. The molecule has 0 saturated heterocycles. The summed E-state index contributed by atoms with van der Waals surface area (Å²) in [6.45, 7) is 0. The summed E-state index contributed by atoms with van der Waals surface area (Å²) in [5.41, 5.74) is 13.4. The van der Waals surface area contributed by atoms with E-state index in [1.54, 1.807) is 0 Å². The van der Waals surface area contributed by atoms with E-state index in [0.29, 0.717) is 0 Å². The molecule has 238 valence electrons. The third-order valence-electron chi connectivity index (χ3n) is 10.5. The van der Waals surface area contributed by atoms with Crippen molar-refractivity contribution >= 4 is 65.6 Å². The van der Waals surface area contributed by atoms with E-state index < -0.39 is 0 Å². The van der Waals surface area contributed by atoms with E-state index >= 15 is 0 Å². The quantitative estimate of drug-likeness (QED) is 0.186. The minimum atomic E-state index is 0.903. The van der Waals surface area contributed by atoms with Gasteiger partial charge in [0, 0.05) is 38.3 Å². The third kappa shape index (κ3) is 4.12. The van der Waals surface area contributed by atoms with Crippen LogP contribution in [0.4, 0.5) is 0 Å². The Labute approximate surface area is 293 Å². The van der Waals surface area contributed by atoms with Crippen molar-refractivity contribution in [1.82, 2.24) is 9.13 Å². The van der Waals surface area contributed by atoms with Crippen molar-refractivity contribution in [2.45, 2.75) is 0 Å². The van der Waals surface area contributed by atoms with Crippen LogP contribution in [-0.2, 0) is 0 Å². The zero-order chi connectivity index (χ0) is 33.5. The van der Waals surface area contributed by atoms with Crippen molar-refractivity contribution in [3.63, 3.8) is 0 Å². The summed E-state index contributed by atoms with van der Waals surface area (Å²) in [4.78, 5) is 0. The number of furan rings is 1. The number of para-hydroxylation sites is 2. The van der Waals surface area contributed by atoms with Gasteiger partial charge in [0.2, 0.25) is 0 Å². The molecular formula is C48H30N2O. The molecule has 51 heavy (non-hydrogen) atoms. The standard InChI is InChI=1S/C48H30N2O/c1-3-12-31(13-4-1)33-22-24-35(25-23-33)49-43-21-10-8-19-41(43)45-44(49)29-28-39-40-27-26-38-37-18-7-9-20-42(37)50(46(38)48(40)51-47(39)45)36-17-11-16-34(30-36)32-14-5-2-6-15-32/h1-30H. The zero-order valence-electron chi connectivity index (χ0n) is 27.6. The number of benzene rings is 8. The molecule has 0 fully saturated rings. The van der Waals surface area contributed by atoms with Crippen molar-refractivity contribution in [3.05, 3.63) is 182 Å². The Morgan fingerprint density at radius 3 is 1.65 bits per heavy atom. The van der Waals surface area contributed by atoms with E-state index in [9.17, 15) is 0 Å². The molecule has 3 heteroatoms. The van der Waals surface area contributed by atoms with Crippen molar-refractivity contribution in [2.75, 3.05) is 0 Å². The summed E-state index contributed by atoms with van der Waals surface area (Å²) in [6.07, 6.45) is 0. The smallest absolute Gasteiger partial charge is 0.160 e. The van der Waals surface area contributed by atoms with Crippen LogP contribution in [0.2, 0.25) is 0 Å². The van der Waals surface area contributed by atoms with Gasteiger partial charge in [0.25, 0.3) is 0 Å². The van der Waals surface area contributed by atoms with E-state index in [1.807, 2.05) is 0 Å². The van der Waals surface area contributed by atoms with Crippen LogP contribution < -0.4 is 0 Å². The molecule has 0 saturated carbocycles. The second-order valence-corrected chi connectivity index (χ2v) is 13.3. The molecule has 11 rings (SSSR count). The fraction of sp³-hybridized carbons (Fsp3) is 0. The molecule has 0 unspecified atom stereocenters. The van der Waals surface area contributed by atoms with Crippen molar-refractivity contribution in [2.24, 2.45) is 0 Å². The first-order valence-electron chi connectivity index (χ1n) is 17.4. The fourth-order valence-corrected chi connectivity index (χ4v) is 8.23. The molecule has 0 bridgehead atoms. The highest BCUT2D eigenvalue weighted by Gasteiger charge is 2.22. The van der Waals surface area contributed by atoms with E-state index in [2.05, 4.69) is 191 Å². The first-order valence-corrected chi connectivity index (χ1v) is 17.4. The van der Waals surface area contributed by atoms with Crippen molar-refractivity contribution in [3.8, 4) is 33.6 Å². The first kappa shape index (κ1) is 28.0. The van der Waals surface area contributed by atoms with Gasteiger partial charge < -0.3 is 13.6 Å². The average molecular weight is 651 g/mol. The highest BCUT2D eigenvalue weighted by molar-refractivity contribution is 6.27. The molecule has 3 aromatic heterocycles. The van der Waals surface area contributed by atoms with E-state index in [-0.39, 0.29) is 0 Å². The normalized spacial score (nSPS) is 11.9. The van der Waals surface area contributed by atoms with Gasteiger partial charge in [0.05, 0.1) is 27.5 Å². The molecular weight excluding hydrogens is 621 g/mol. The molecule has 0 amide bonds. The number of fused-ring (bicyclic) bond motifs is 11. The molecule has 0 aliphatic heterocycles. The van der Waals surface area contributed by atoms with E-state index in [0.717, 1.165) is 60.8 Å². The van der Waals surface area contributed by atoms with Crippen LogP contribution >= 0.6 is 0 Å². The number of nitrogens with zero attached hydrogens (tertiary/aromatic N) is 2. The van der Waals surface area contributed by atoms with Crippen LogP contribution in [0, 0.1) is 0 Å². The lowest BCUT2D eigenvalue weighted by atomic mass is 10.0. The summed E-state index contributed by atoms with van der Waals surface area (Å²) < 4.78 is 11.9. The molecule has 0 radical (unpaired) electrons. The Morgan fingerprint density at radius 2 is 0.882 bits per heavy atom. The summed E-state index contributed by atoms with van der Waals surface area (Å²) >= 11 is 0. The van der Waals surface area contributed by atoms with Gasteiger partial charge in [0.15, 0.2) is 5.58 Å². The highest BCUT2D eigenvalue weighted by atomic mass is 16.3. The zero-order valence-corrected chi connectivity index (χ0v) is 27.6. The Hall–Kier alpha value is -6.84.